The lowest BCUT2D eigenvalue weighted by atomic mass is 10.1. The number of hydrogen-bond donors (Lipinski definition) is 5. The third kappa shape index (κ3) is 7.10. The van der Waals surface area contributed by atoms with Crippen molar-refractivity contribution in [2.45, 2.75) is 30.4 Å². The van der Waals surface area contributed by atoms with E-state index in [4.69, 9.17) is 4.74 Å². The Bertz CT molecular complexity index is 1520. The van der Waals surface area contributed by atoms with Crippen LogP contribution in [-0.4, -0.2) is 99.9 Å². The monoisotopic (exact) mass is 650 g/mol. The lowest BCUT2D eigenvalue weighted by molar-refractivity contribution is -0.0430. The summed E-state index contributed by atoms with van der Waals surface area (Å²) in [7, 11) is -8.69. The van der Waals surface area contributed by atoms with Crippen molar-refractivity contribution in [1.29, 1.82) is 0 Å². The Morgan fingerprint density at radius 3 is 2.28 bits per heavy atom. The maximum absolute atomic E-state index is 15.1. The van der Waals surface area contributed by atoms with E-state index in [0.29, 0.717) is 37.4 Å². The molecule has 19 heteroatoms. The van der Waals surface area contributed by atoms with Crippen molar-refractivity contribution in [3.05, 3.63) is 39.9 Å². The number of aromatic nitrogens is 1. The van der Waals surface area contributed by atoms with Crippen LogP contribution in [-0.2, 0) is 23.3 Å². The molecular formula is C24H33FN4O12P2. The van der Waals surface area contributed by atoms with Crippen molar-refractivity contribution in [2.24, 2.45) is 0 Å². The molecule has 0 radical (unpaired) electrons. The van der Waals surface area contributed by atoms with Crippen molar-refractivity contribution in [1.82, 2.24) is 14.8 Å². The zero-order chi connectivity index (χ0) is 31.7. The summed E-state index contributed by atoms with van der Waals surface area (Å²) >= 11 is 0. The molecule has 2 aromatic rings. The van der Waals surface area contributed by atoms with Crippen LogP contribution in [0.25, 0.3) is 10.9 Å². The largest absolute Gasteiger partial charge is 0.513 e. The standard InChI is InChI=1S/C24H33FN4O12P2/c1-27(2)8-5-24(42(33,34)35,43(36,37)38)41-23(32)40-14-39-22(31)17-13-29(15-3-4-15)19-12-20(28-9-6-26-7-10-28)18(25)11-16(19)21(17)30/h11-13,15,26H,3-10,14H2,1-2H3,(H2,33,34,35)(H2,36,37,38). The van der Waals surface area contributed by atoms with E-state index in [9.17, 15) is 43.1 Å². The van der Waals surface area contributed by atoms with Gasteiger partial charge in [-0.25, -0.2) is 14.0 Å². The Balaban J connectivity index is 1.53. The van der Waals surface area contributed by atoms with Gasteiger partial charge in [-0.1, -0.05) is 0 Å². The second-order valence-corrected chi connectivity index (χ2v) is 14.5. The number of carbonyl (C=O) groups excluding carboxylic acids is 2. The third-order valence-electron chi connectivity index (χ3n) is 7.13. The molecule has 16 nitrogen and oxygen atoms in total. The fraction of sp³-hybridized carbons (Fsp3) is 0.542. The van der Waals surface area contributed by atoms with Crippen LogP contribution >= 0.6 is 15.2 Å². The van der Waals surface area contributed by atoms with Gasteiger partial charge in [0, 0.05) is 56.8 Å². The summed E-state index contributed by atoms with van der Waals surface area (Å²) in [4.78, 5) is 80.3. The smallest absolute Gasteiger partial charge is 0.424 e. The topological polar surface area (TPSA) is 217 Å². The van der Waals surface area contributed by atoms with Crippen LogP contribution in [0.3, 0.4) is 0 Å². The number of hydrogen-bond acceptors (Lipinski definition) is 11. The van der Waals surface area contributed by atoms with Crippen LogP contribution in [0.1, 0.15) is 35.7 Å². The Hall–Kier alpha value is -2.88. The number of anilines is 1. The first-order chi connectivity index (χ1) is 20.1. The van der Waals surface area contributed by atoms with E-state index >= 15 is 4.39 Å². The fourth-order valence-corrected chi connectivity index (χ4v) is 7.21. The quantitative estimate of drug-likeness (QED) is 0.131. The number of ether oxygens (including phenoxy) is 3. The minimum Gasteiger partial charge on any atom is -0.424 e. The molecule has 0 unspecified atom stereocenters. The summed E-state index contributed by atoms with van der Waals surface area (Å²) in [6.45, 7) is 0.946. The molecule has 1 saturated heterocycles. The maximum atomic E-state index is 15.1. The van der Waals surface area contributed by atoms with E-state index in [1.165, 1.54) is 25.2 Å². The predicted molar refractivity (Wildman–Crippen MR) is 149 cm³/mol. The van der Waals surface area contributed by atoms with Gasteiger partial charge in [0.25, 0.3) is 0 Å². The number of piperazine rings is 1. The Morgan fingerprint density at radius 1 is 1.09 bits per heavy atom. The molecule has 4 rings (SSSR count). The number of pyridine rings is 1. The van der Waals surface area contributed by atoms with Crippen LogP contribution < -0.4 is 15.6 Å². The van der Waals surface area contributed by atoms with Gasteiger partial charge in [-0.3, -0.25) is 13.9 Å². The molecule has 238 valence electrons. The van der Waals surface area contributed by atoms with Crippen LogP contribution in [0.4, 0.5) is 14.9 Å². The summed E-state index contributed by atoms with van der Waals surface area (Å²) in [5.41, 5.74) is -0.563. The summed E-state index contributed by atoms with van der Waals surface area (Å²) in [6, 6.07) is 2.60. The molecule has 0 amide bonds. The molecule has 5 N–H and O–H groups in total. The molecule has 1 aromatic heterocycles. The molecular weight excluding hydrogens is 617 g/mol. The second kappa shape index (κ2) is 12.6. The van der Waals surface area contributed by atoms with Crippen LogP contribution in [0.5, 0.6) is 0 Å². The van der Waals surface area contributed by atoms with Gasteiger partial charge in [0.1, 0.15) is 11.4 Å². The highest BCUT2D eigenvalue weighted by Crippen LogP contribution is 2.71. The molecule has 2 heterocycles. The van der Waals surface area contributed by atoms with E-state index in [2.05, 4.69) is 14.8 Å². The average Bonchev–Trinajstić information content (AvgIpc) is 3.75. The number of nitrogens with zero attached hydrogens (tertiary/aromatic N) is 3. The van der Waals surface area contributed by atoms with Crippen molar-refractivity contribution in [2.75, 3.05) is 58.5 Å². The highest BCUT2D eigenvalue weighted by atomic mass is 31.2. The van der Waals surface area contributed by atoms with Crippen molar-refractivity contribution in [3.8, 4) is 0 Å². The van der Waals surface area contributed by atoms with Gasteiger partial charge in [-0.05, 0) is 39.1 Å². The normalized spacial score (nSPS) is 16.4. The molecule has 1 saturated carbocycles. The van der Waals surface area contributed by atoms with Crippen molar-refractivity contribution < 1.29 is 56.9 Å². The summed E-state index contributed by atoms with van der Waals surface area (Å²) in [5.74, 6) is -1.90. The molecule has 0 atom stereocenters. The number of benzene rings is 1. The Kier molecular flexibility index (Phi) is 9.69. The van der Waals surface area contributed by atoms with Gasteiger partial charge in [0.05, 0.1) is 11.2 Å². The molecule has 43 heavy (non-hydrogen) atoms. The highest BCUT2D eigenvalue weighted by molar-refractivity contribution is 7.72. The Morgan fingerprint density at radius 2 is 1.72 bits per heavy atom. The summed E-state index contributed by atoms with van der Waals surface area (Å²) in [6.07, 6.45) is -0.119. The number of halogens is 1. The minimum atomic E-state index is -5.80. The fourth-order valence-electron chi connectivity index (χ4n) is 4.68. The van der Waals surface area contributed by atoms with E-state index in [1.54, 1.807) is 10.6 Å². The van der Waals surface area contributed by atoms with Crippen LogP contribution in [0.15, 0.2) is 23.1 Å². The highest BCUT2D eigenvalue weighted by Gasteiger charge is 2.64. The summed E-state index contributed by atoms with van der Waals surface area (Å²) < 4.78 is 54.9. The molecule has 1 aliphatic carbocycles. The predicted octanol–water partition coefficient (Wildman–Crippen LogP) is 1.11. The minimum absolute atomic E-state index is 0.0437. The molecule has 2 aliphatic rings. The van der Waals surface area contributed by atoms with Gasteiger partial charge in [-0.2, -0.15) is 0 Å². The molecule has 0 bridgehead atoms. The van der Waals surface area contributed by atoms with E-state index in [1.807, 2.05) is 4.90 Å². The van der Waals surface area contributed by atoms with Gasteiger partial charge in [-0.15, -0.1) is 0 Å². The number of nitrogens with one attached hydrogen (secondary N) is 1. The maximum Gasteiger partial charge on any atom is 0.513 e. The van der Waals surface area contributed by atoms with Gasteiger partial charge in [0.2, 0.25) is 12.2 Å². The average molecular weight is 650 g/mol. The first kappa shape index (κ1) is 33.0. The molecule has 0 spiro atoms. The summed E-state index contributed by atoms with van der Waals surface area (Å²) in [5, 5.41) is -0.437. The first-order valence-electron chi connectivity index (χ1n) is 13.2. The molecule has 2 fully saturated rings. The van der Waals surface area contributed by atoms with E-state index < -0.39 is 62.4 Å². The zero-order valence-electron chi connectivity index (χ0n) is 23.3. The lowest BCUT2D eigenvalue weighted by Crippen LogP contribution is -2.43. The second-order valence-electron chi connectivity index (χ2n) is 10.5. The first-order valence-corrected chi connectivity index (χ1v) is 16.4. The third-order valence-corrected chi connectivity index (χ3v) is 11.1. The number of carbonyl (C=O) groups is 2. The van der Waals surface area contributed by atoms with Gasteiger partial charge >= 0.3 is 32.4 Å². The molecule has 1 aliphatic heterocycles. The van der Waals surface area contributed by atoms with Gasteiger partial charge < -0.3 is 53.5 Å². The van der Waals surface area contributed by atoms with E-state index in [0.717, 1.165) is 18.9 Å². The van der Waals surface area contributed by atoms with Crippen molar-refractivity contribution >= 4 is 43.9 Å². The van der Waals surface area contributed by atoms with E-state index in [-0.39, 0.29) is 18.0 Å². The number of fused-ring (bicyclic) bond motifs is 1. The Labute approximate surface area is 244 Å². The van der Waals surface area contributed by atoms with Gasteiger partial charge in [0.15, 0.2) is 0 Å². The SMILES string of the molecule is CN(C)CCC(OC(=O)OCOC(=O)c1cn(C2CC2)c2cc(N3CCNCC3)c(F)cc2c1=O)(P(=O)(O)O)P(=O)(O)O. The molecule has 1 aromatic carbocycles. The number of rotatable bonds is 11. The van der Waals surface area contributed by atoms with Crippen LogP contribution in [0.2, 0.25) is 0 Å². The van der Waals surface area contributed by atoms with Crippen LogP contribution in [0, 0.1) is 5.82 Å². The lowest BCUT2D eigenvalue weighted by Gasteiger charge is -2.33. The van der Waals surface area contributed by atoms with Crippen molar-refractivity contribution in [3.63, 3.8) is 0 Å². The zero-order valence-corrected chi connectivity index (χ0v) is 25.1. The number of esters is 1.